The molecule has 0 aliphatic carbocycles. The van der Waals surface area contributed by atoms with E-state index in [-0.39, 0.29) is 18.4 Å². The average molecular weight is 376 g/mol. The predicted molar refractivity (Wildman–Crippen MR) is 94.4 cm³/mol. The lowest BCUT2D eigenvalue weighted by Crippen LogP contribution is -2.58. The Kier molecular flexibility index (Phi) is 7.08. The molecule has 1 saturated heterocycles. The first-order valence-corrected chi connectivity index (χ1v) is 7.92. The molecular formula is C17H23Cl2NO4. The van der Waals surface area contributed by atoms with Crippen molar-refractivity contribution in [1.82, 2.24) is 4.90 Å². The van der Waals surface area contributed by atoms with E-state index in [0.717, 1.165) is 5.56 Å². The number of nitrogens with zero attached hydrogens (tertiary/aromatic N) is 1. The molecule has 24 heavy (non-hydrogen) atoms. The van der Waals surface area contributed by atoms with Gasteiger partial charge in [-0.25, -0.2) is 0 Å². The third-order valence-electron chi connectivity index (χ3n) is 4.16. The van der Waals surface area contributed by atoms with Gasteiger partial charge in [-0.3, -0.25) is 14.5 Å². The lowest BCUT2D eigenvalue weighted by atomic mass is 9.84. The summed E-state index contributed by atoms with van der Waals surface area (Å²) in [6, 6.07) is 7.59. The van der Waals surface area contributed by atoms with Crippen molar-refractivity contribution in [1.29, 1.82) is 0 Å². The number of esters is 2. The maximum atomic E-state index is 11.5. The van der Waals surface area contributed by atoms with Crippen molar-refractivity contribution in [3.8, 4) is 0 Å². The number of ether oxygens (including phenoxy) is 2. The van der Waals surface area contributed by atoms with Gasteiger partial charge in [0.15, 0.2) is 5.60 Å². The number of hydrogen-bond donors (Lipinski definition) is 0. The average Bonchev–Trinajstić information content (AvgIpc) is 2.41. The fourth-order valence-electron chi connectivity index (χ4n) is 3.25. The van der Waals surface area contributed by atoms with Crippen LogP contribution in [0.5, 0.6) is 0 Å². The Balaban J connectivity index is 0.00000288. The summed E-state index contributed by atoms with van der Waals surface area (Å²) in [6.07, 6.45) is -0.0229. The van der Waals surface area contributed by atoms with Crippen LogP contribution in [-0.4, -0.2) is 42.1 Å². The van der Waals surface area contributed by atoms with Gasteiger partial charge in [-0.05, 0) is 25.6 Å². The molecule has 1 aliphatic heterocycles. The summed E-state index contributed by atoms with van der Waals surface area (Å²) in [7, 11) is 1.94. The van der Waals surface area contributed by atoms with E-state index in [1.165, 1.54) is 13.8 Å². The van der Waals surface area contributed by atoms with Gasteiger partial charge in [0, 0.05) is 37.9 Å². The number of hydrogen-bond acceptors (Lipinski definition) is 5. The number of piperidine rings is 1. The number of halogens is 2. The van der Waals surface area contributed by atoms with Crippen LogP contribution >= 0.6 is 24.0 Å². The van der Waals surface area contributed by atoms with Crippen LogP contribution in [0.1, 0.15) is 38.8 Å². The van der Waals surface area contributed by atoms with E-state index in [4.69, 9.17) is 21.1 Å². The lowest BCUT2D eigenvalue weighted by Gasteiger charge is -2.47. The quantitative estimate of drug-likeness (QED) is 0.757. The minimum Gasteiger partial charge on any atom is -0.458 e. The van der Waals surface area contributed by atoms with Crippen molar-refractivity contribution in [3.63, 3.8) is 0 Å². The number of benzene rings is 1. The van der Waals surface area contributed by atoms with Crippen LogP contribution in [0.25, 0.3) is 0 Å². The van der Waals surface area contributed by atoms with Crippen molar-refractivity contribution < 1.29 is 19.1 Å². The van der Waals surface area contributed by atoms with Gasteiger partial charge >= 0.3 is 11.9 Å². The molecule has 2 rings (SSSR count). The second-order valence-electron chi connectivity index (χ2n) is 6.19. The Morgan fingerprint density at radius 2 is 1.88 bits per heavy atom. The molecular weight excluding hydrogens is 353 g/mol. The first kappa shape index (κ1) is 20.7. The smallest absolute Gasteiger partial charge is 0.303 e. The summed E-state index contributed by atoms with van der Waals surface area (Å²) in [4.78, 5) is 25.0. The number of rotatable bonds is 3. The van der Waals surface area contributed by atoms with Crippen LogP contribution < -0.4 is 0 Å². The van der Waals surface area contributed by atoms with E-state index in [2.05, 4.69) is 4.90 Å². The fourth-order valence-corrected chi connectivity index (χ4v) is 3.51. The van der Waals surface area contributed by atoms with Crippen LogP contribution in [0.3, 0.4) is 0 Å². The molecule has 0 amide bonds. The van der Waals surface area contributed by atoms with Crippen LogP contribution in [-0.2, 0) is 19.1 Å². The van der Waals surface area contributed by atoms with Crippen molar-refractivity contribution >= 4 is 35.9 Å². The largest absolute Gasteiger partial charge is 0.458 e. The van der Waals surface area contributed by atoms with Crippen LogP contribution in [0.2, 0.25) is 5.02 Å². The topological polar surface area (TPSA) is 55.8 Å². The summed E-state index contributed by atoms with van der Waals surface area (Å²) in [5, 5.41) is 0.669. The van der Waals surface area contributed by atoms with E-state index < -0.39 is 23.6 Å². The molecule has 0 aromatic heterocycles. The van der Waals surface area contributed by atoms with Gasteiger partial charge in [0.1, 0.15) is 6.10 Å². The molecule has 0 spiro atoms. The molecule has 0 unspecified atom stereocenters. The Hall–Kier alpha value is -1.30. The van der Waals surface area contributed by atoms with Gasteiger partial charge in [0.25, 0.3) is 0 Å². The molecule has 134 valence electrons. The van der Waals surface area contributed by atoms with Crippen molar-refractivity contribution in [3.05, 3.63) is 34.9 Å². The van der Waals surface area contributed by atoms with Crippen molar-refractivity contribution in [2.24, 2.45) is 0 Å². The van der Waals surface area contributed by atoms with Gasteiger partial charge < -0.3 is 9.47 Å². The number of carbonyl (C=O) groups excluding carboxylic acids is 2. The highest BCUT2D eigenvalue weighted by atomic mass is 35.5. The molecule has 0 N–H and O–H groups in total. The summed E-state index contributed by atoms with van der Waals surface area (Å²) >= 11 is 6.31. The zero-order valence-corrected chi connectivity index (χ0v) is 15.8. The maximum Gasteiger partial charge on any atom is 0.303 e. The molecule has 1 aromatic carbocycles. The molecule has 1 aromatic rings. The minimum atomic E-state index is -0.885. The second kappa shape index (κ2) is 8.19. The van der Waals surface area contributed by atoms with Crippen LogP contribution in [0.15, 0.2) is 24.3 Å². The van der Waals surface area contributed by atoms with E-state index >= 15 is 0 Å². The van der Waals surface area contributed by atoms with E-state index in [9.17, 15) is 9.59 Å². The molecule has 1 aliphatic rings. The van der Waals surface area contributed by atoms with Gasteiger partial charge in [0.2, 0.25) is 0 Å². The molecule has 0 radical (unpaired) electrons. The first-order valence-electron chi connectivity index (χ1n) is 7.54. The van der Waals surface area contributed by atoms with Gasteiger partial charge in [0.05, 0.1) is 0 Å². The molecule has 0 bridgehead atoms. The third kappa shape index (κ3) is 4.62. The van der Waals surface area contributed by atoms with E-state index in [1.807, 2.05) is 31.3 Å². The Labute approximate surface area is 153 Å². The summed E-state index contributed by atoms with van der Waals surface area (Å²) in [6.45, 7) is 4.95. The number of carbonyl (C=O) groups is 2. The van der Waals surface area contributed by atoms with E-state index in [0.29, 0.717) is 18.0 Å². The number of likely N-dealkylation sites (tertiary alicyclic amines) is 1. The van der Waals surface area contributed by atoms with Crippen molar-refractivity contribution in [2.45, 2.75) is 44.9 Å². The SMILES string of the molecule is CC(=O)O[C@H]1C[C@@H](c2ccccc2Cl)N(C)C[C@@]1(C)OC(C)=O.Cl. The minimum absolute atomic E-state index is 0. The lowest BCUT2D eigenvalue weighted by molar-refractivity contribution is -0.195. The monoisotopic (exact) mass is 375 g/mol. The molecule has 5 nitrogen and oxygen atoms in total. The van der Waals surface area contributed by atoms with Crippen LogP contribution in [0, 0.1) is 0 Å². The predicted octanol–water partition coefficient (Wildman–Crippen LogP) is 3.39. The standard InChI is InChI=1S/C17H22ClNO4.ClH/c1-11(20)22-16-9-15(13-7-5-6-8-14(13)18)19(4)10-17(16,3)23-12(2)21;/h5-8,15-16H,9-10H2,1-4H3;1H/t15-,16-,17+;/m0./s1. The van der Waals surface area contributed by atoms with Crippen molar-refractivity contribution in [2.75, 3.05) is 13.6 Å². The summed E-state index contributed by atoms with van der Waals surface area (Å²) in [5.41, 5.74) is 0.0861. The zero-order chi connectivity index (χ0) is 17.2. The number of likely N-dealkylation sites (N-methyl/N-ethyl adjacent to an activating group) is 1. The molecule has 3 atom stereocenters. The highest BCUT2D eigenvalue weighted by Gasteiger charge is 2.48. The third-order valence-corrected chi connectivity index (χ3v) is 4.51. The van der Waals surface area contributed by atoms with E-state index in [1.54, 1.807) is 6.92 Å². The maximum absolute atomic E-state index is 11.5. The van der Waals surface area contributed by atoms with Gasteiger partial charge in [-0.15, -0.1) is 12.4 Å². The molecule has 1 fully saturated rings. The first-order chi connectivity index (χ1) is 10.7. The fraction of sp³-hybridized carbons (Fsp3) is 0.529. The van der Waals surface area contributed by atoms with Gasteiger partial charge in [-0.1, -0.05) is 29.8 Å². The molecule has 0 saturated carbocycles. The zero-order valence-electron chi connectivity index (χ0n) is 14.2. The second-order valence-corrected chi connectivity index (χ2v) is 6.60. The Bertz CT molecular complexity index is 610. The molecule has 1 heterocycles. The normalized spacial score (nSPS) is 27.0. The van der Waals surface area contributed by atoms with Crippen LogP contribution in [0.4, 0.5) is 0 Å². The Morgan fingerprint density at radius 1 is 1.25 bits per heavy atom. The highest BCUT2D eigenvalue weighted by molar-refractivity contribution is 6.31. The molecule has 7 heteroatoms. The summed E-state index contributed by atoms with van der Waals surface area (Å²) < 4.78 is 10.9. The summed E-state index contributed by atoms with van der Waals surface area (Å²) in [5.74, 6) is -0.787. The van der Waals surface area contributed by atoms with Gasteiger partial charge in [-0.2, -0.15) is 0 Å². The highest BCUT2D eigenvalue weighted by Crippen LogP contribution is 2.40. The Morgan fingerprint density at radius 3 is 2.42 bits per heavy atom.